The smallest absolute Gasteiger partial charge is 0.410 e. The second-order valence-corrected chi connectivity index (χ2v) is 11.0. The van der Waals surface area contributed by atoms with Crippen LogP contribution in [0, 0.1) is 5.41 Å². The molecule has 2 fully saturated rings. The van der Waals surface area contributed by atoms with Gasteiger partial charge < -0.3 is 20.3 Å². The van der Waals surface area contributed by atoms with E-state index in [0.717, 1.165) is 80.4 Å². The number of para-hydroxylation sites is 2. The Morgan fingerprint density at radius 3 is 2.42 bits per heavy atom. The molecule has 3 aliphatic rings. The molecule has 4 heterocycles. The summed E-state index contributed by atoms with van der Waals surface area (Å²) in [6.45, 7) is 3.60. The van der Waals surface area contributed by atoms with Crippen molar-refractivity contribution in [3.8, 4) is 0 Å². The van der Waals surface area contributed by atoms with Crippen LogP contribution in [0.1, 0.15) is 46.3 Å². The van der Waals surface area contributed by atoms with Gasteiger partial charge in [-0.15, -0.1) is 0 Å². The minimum atomic E-state index is -0.402. The fourth-order valence-electron chi connectivity index (χ4n) is 6.75. The summed E-state index contributed by atoms with van der Waals surface area (Å²) in [7, 11) is 0. The maximum Gasteiger partial charge on any atom is 0.410 e. The third-order valence-electron chi connectivity index (χ3n) is 8.67. The van der Waals surface area contributed by atoms with E-state index in [-0.39, 0.29) is 11.5 Å². The molecule has 0 radical (unpaired) electrons. The number of nitrogens with zero attached hydrogens (tertiary/aromatic N) is 4. The number of anilines is 1. The molecule has 7 rings (SSSR count). The highest BCUT2D eigenvalue weighted by molar-refractivity contribution is 6.03. The number of piperidine rings is 1. The predicted molar refractivity (Wildman–Crippen MR) is 145 cm³/mol. The fourth-order valence-corrected chi connectivity index (χ4v) is 6.75. The van der Waals surface area contributed by atoms with Gasteiger partial charge in [-0.2, -0.15) is 0 Å². The molecule has 8 nitrogen and oxygen atoms in total. The number of nitrogens with two attached hydrogens (primary N) is 1. The normalized spacial score (nSPS) is 18.1. The van der Waals surface area contributed by atoms with E-state index in [1.807, 2.05) is 53.4 Å². The molecule has 0 atom stereocenters. The minimum Gasteiger partial charge on any atom is -0.445 e. The summed E-state index contributed by atoms with van der Waals surface area (Å²) in [5.74, 6) is 0.765. The van der Waals surface area contributed by atoms with Crippen molar-refractivity contribution in [1.29, 1.82) is 0 Å². The van der Waals surface area contributed by atoms with E-state index < -0.39 is 5.91 Å². The van der Waals surface area contributed by atoms with E-state index in [1.54, 1.807) is 0 Å². The zero-order valence-electron chi connectivity index (χ0n) is 21.4. The summed E-state index contributed by atoms with van der Waals surface area (Å²) < 4.78 is 7.72. The van der Waals surface area contributed by atoms with Gasteiger partial charge in [0.1, 0.15) is 12.4 Å². The van der Waals surface area contributed by atoms with E-state index in [9.17, 15) is 9.59 Å². The number of rotatable bonds is 4. The first-order valence-electron chi connectivity index (χ1n) is 13.5. The molecular formula is C30H31N5O3. The molecule has 38 heavy (non-hydrogen) atoms. The first-order chi connectivity index (χ1) is 18.5. The second kappa shape index (κ2) is 8.75. The van der Waals surface area contributed by atoms with Crippen LogP contribution in [-0.2, 0) is 24.2 Å². The number of carbonyl (C=O) groups is 2. The van der Waals surface area contributed by atoms with Gasteiger partial charge in [0.2, 0.25) is 0 Å². The largest absolute Gasteiger partial charge is 0.445 e. The quantitative estimate of drug-likeness (QED) is 0.442. The van der Waals surface area contributed by atoms with Crippen molar-refractivity contribution in [3.05, 3.63) is 76.9 Å². The van der Waals surface area contributed by atoms with Gasteiger partial charge in [-0.3, -0.25) is 9.20 Å². The zero-order chi connectivity index (χ0) is 25.9. The Balaban J connectivity index is 1.12. The van der Waals surface area contributed by atoms with E-state index in [0.29, 0.717) is 17.8 Å². The molecule has 2 saturated heterocycles. The van der Waals surface area contributed by atoms with E-state index in [4.69, 9.17) is 15.5 Å². The van der Waals surface area contributed by atoms with Crippen molar-refractivity contribution >= 4 is 34.5 Å². The third-order valence-corrected chi connectivity index (χ3v) is 8.67. The van der Waals surface area contributed by atoms with Crippen LogP contribution in [0.15, 0.2) is 54.6 Å². The van der Waals surface area contributed by atoms with Crippen LogP contribution in [0.2, 0.25) is 0 Å². The summed E-state index contributed by atoms with van der Waals surface area (Å²) >= 11 is 0. The lowest BCUT2D eigenvalue weighted by molar-refractivity contribution is -0.0199. The van der Waals surface area contributed by atoms with Gasteiger partial charge in [0, 0.05) is 31.6 Å². The van der Waals surface area contributed by atoms with Crippen molar-refractivity contribution in [2.45, 2.75) is 38.7 Å². The Labute approximate surface area is 221 Å². The highest BCUT2D eigenvalue weighted by Crippen LogP contribution is 2.44. The number of likely N-dealkylation sites (tertiary alicyclic amines) is 1. The van der Waals surface area contributed by atoms with Crippen molar-refractivity contribution in [1.82, 2.24) is 14.3 Å². The molecule has 1 spiro atoms. The summed E-state index contributed by atoms with van der Waals surface area (Å²) in [5.41, 5.74) is 12.5. The van der Waals surface area contributed by atoms with Crippen molar-refractivity contribution in [3.63, 3.8) is 0 Å². The van der Waals surface area contributed by atoms with Crippen molar-refractivity contribution < 1.29 is 14.3 Å². The lowest BCUT2D eigenvalue weighted by Gasteiger charge is -2.53. The fraction of sp³-hybridized carbons (Fsp3) is 0.367. The maximum atomic E-state index is 12.6. The Bertz CT molecular complexity index is 1560. The van der Waals surface area contributed by atoms with Gasteiger partial charge in [-0.05, 0) is 60.9 Å². The lowest BCUT2D eigenvalue weighted by Crippen LogP contribution is -2.62. The van der Waals surface area contributed by atoms with Gasteiger partial charge in [0.05, 0.1) is 16.6 Å². The monoisotopic (exact) mass is 509 g/mol. The van der Waals surface area contributed by atoms with Crippen molar-refractivity contribution in [2.75, 3.05) is 31.1 Å². The van der Waals surface area contributed by atoms with E-state index >= 15 is 0 Å². The lowest BCUT2D eigenvalue weighted by atomic mass is 9.72. The van der Waals surface area contributed by atoms with E-state index in [2.05, 4.69) is 15.4 Å². The van der Waals surface area contributed by atoms with Crippen LogP contribution in [-0.4, -0.2) is 52.5 Å². The zero-order valence-corrected chi connectivity index (χ0v) is 21.4. The molecule has 2 aromatic heterocycles. The summed E-state index contributed by atoms with van der Waals surface area (Å²) in [4.78, 5) is 34.4. The SMILES string of the molecule is NC(=O)c1c2c(c(N3CCC4(CC3)CN(C(=O)OCc3ccccc3)C4)n3c1nc1ccccc13)CCC2. The van der Waals surface area contributed by atoms with Gasteiger partial charge >= 0.3 is 6.09 Å². The summed E-state index contributed by atoms with van der Waals surface area (Å²) in [5, 5.41) is 0. The highest BCUT2D eigenvalue weighted by Gasteiger charge is 2.48. The molecule has 2 aliphatic heterocycles. The standard InChI is InChI=1S/C30H31N5O3/c31-26(36)25-21-9-6-10-22(21)28(35-24-12-5-4-11-23(24)32-27(25)35)33-15-13-30(14-16-33)18-34(19-30)29(37)38-17-20-7-2-1-3-8-20/h1-5,7-8,11-12H,6,9-10,13-19H2,(H2,31,36). The number of primary amides is 1. The number of ether oxygens (including phenoxy) is 1. The first kappa shape index (κ1) is 23.1. The number of benzene rings is 2. The van der Waals surface area contributed by atoms with Crippen LogP contribution in [0.25, 0.3) is 16.7 Å². The average Bonchev–Trinajstić information content (AvgIpc) is 3.54. The minimum absolute atomic E-state index is 0.148. The molecule has 8 heteroatoms. The number of hydrogen-bond donors (Lipinski definition) is 1. The van der Waals surface area contributed by atoms with Crippen LogP contribution < -0.4 is 10.6 Å². The molecule has 0 saturated carbocycles. The topological polar surface area (TPSA) is 93.2 Å². The molecule has 0 bridgehead atoms. The molecule has 2 amide bonds. The van der Waals surface area contributed by atoms with E-state index in [1.165, 1.54) is 11.4 Å². The summed E-state index contributed by atoms with van der Waals surface area (Å²) in [6, 6.07) is 17.8. The van der Waals surface area contributed by atoms with Crippen LogP contribution in [0.3, 0.4) is 0 Å². The van der Waals surface area contributed by atoms with Crippen LogP contribution in [0.5, 0.6) is 0 Å². The number of fused-ring (bicyclic) bond motifs is 4. The van der Waals surface area contributed by atoms with Crippen molar-refractivity contribution in [2.24, 2.45) is 11.1 Å². The molecule has 0 unspecified atom stereocenters. The Hall–Kier alpha value is -4.07. The number of hydrogen-bond acceptors (Lipinski definition) is 5. The average molecular weight is 510 g/mol. The number of pyridine rings is 1. The third kappa shape index (κ3) is 3.61. The Morgan fingerprint density at radius 2 is 1.66 bits per heavy atom. The first-order valence-corrected chi connectivity index (χ1v) is 13.5. The predicted octanol–water partition coefficient (Wildman–Crippen LogP) is 4.31. The van der Waals surface area contributed by atoms with Gasteiger partial charge in [0.15, 0.2) is 5.65 Å². The maximum absolute atomic E-state index is 12.6. The number of aromatic nitrogens is 2. The number of amides is 2. The van der Waals surface area contributed by atoms with Crippen LogP contribution >= 0.6 is 0 Å². The highest BCUT2D eigenvalue weighted by atomic mass is 16.6. The number of imidazole rings is 1. The van der Waals surface area contributed by atoms with Gasteiger partial charge in [0.25, 0.3) is 5.91 Å². The molecular weight excluding hydrogens is 478 g/mol. The molecule has 2 aromatic carbocycles. The molecule has 2 N–H and O–H groups in total. The second-order valence-electron chi connectivity index (χ2n) is 11.0. The molecule has 1 aliphatic carbocycles. The summed E-state index contributed by atoms with van der Waals surface area (Å²) in [6.07, 6.45) is 4.61. The van der Waals surface area contributed by atoms with Crippen LogP contribution in [0.4, 0.5) is 10.6 Å². The Morgan fingerprint density at radius 1 is 0.947 bits per heavy atom. The molecule has 194 valence electrons. The Kier molecular flexibility index (Phi) is 5.32. The molecule has 4 aromatic rings. The van der Waals surface area contributed by atoms with Gasteiger partial charge in [-0.1, -0.05) is 42.5 Å². The number of carbonyl (C=O) groups excluding carboxylic acids is 2. The van der Waals surface area contributed by atoms with Gasteiger partial charge in [-0.25, -0.2) is 9.78 Å².